The molecule has 0 amide bonds. The van der Waals surface area contributed by atoms with Gasteiger partial charge in [0.05, 0.1) is 0 Å². The Kier molecular flexibility index (Phi) is 4.35. The summed E-state index contributed by atoms with van der Waals surface area (Å²) in [7, 11) is 0. The van der Waals surface area contributed by atoms with Gasteiger partial charge in [0.15, 0.2) is 0 Å². The first-order chi connectivity index (χ1) is 8.06. The minimum atomic E-state index is 0.0638. The number of hydrogen-bond donors (Lipinski definition) is 1. The lowest BCUT2D eigenvalue weighted by molar-refractivity contribution is 0.248. The van der Waals surface area contributed by atoms with Crippen LogP contribution in [0.15, 0.2) is 18.2 Å². The third-order valence-electron chi connectivity index (χ3n) is 3.75. The zero-order valence-electron chi connectivity index (χ0n) is 10.1. The van der Waals surface area contributed by atoms with Gasteiger partial charge in [0.25, 0.3) is 0 Å². The lowest BCUT2D eigenvalue weighted by Crippen LogP contribution is -2.26. The highest BCUT2D eigenvalue weighted by Gasteiger charge is 2.25. The van der Waals surface area contributed by atoms with Gasteiger partial charge in [0.2, 0.25) is 0 Å². The predicted octanol–water partition coefficient (Wildman–Crippen LogP) is 4.82. The highest BCUT2D eigenvalue weighted by atomic mass is 35.5. The first-order valence-corrected chi connectivity index (χ1v) is 7.03. The van der Waals surface area contributed by atoms with E-state index in [0.717, 1.165) is 11.5 Å². The van der Waals surface area contributed by atoms with E-state index in [1.807, 2.05) is 12.1 Å². The Labute approximate surface area is 113 Å². The van der Waals surface area contributed by atoms with Crippen molar-refractivity contribution in [3.05, 3.63) is 33.8 Å². The zero-order chi connectivity index (χ0) is 12.4. The monoisotopic (exact) mass is 271 g/mol. The van der Waals surface area contributed by atoms with Crippen LogP contribution in [0, 0.1) is 11.8 Å². The summed E-state index contributed by atoms with van der Waals surface area (Å²) in [5.41, 5.74) is 7.42. The van der Waals surface area contributed by atoms with Gasteiger partial charge in [-0.3, -0.25) is 0 Å². The van der Waals surface area contributed by atoms with Crippen LogP contribution in [0.2, 0.25) is 10.0 Å². The summed E-state index contributed by atoms with van der Waals surface area (Å²) < 4.78 is 0. The number of hydrogen-bond acceptors (Lipinski definition) is 1. The van der Waals surface area contributed by atoms with Crippen LogP contribution in [0.25, 0.3) is 0 Å². The maximum Gasteiger partial charge on any atom is 0.0424 e. The molecule has 2 N–H and O–H groups in total. The first-order valence-electron chi connectivity index (χ1n) is 6.28. The maximum atomic E-state index is 6.35. The molecular weight excluding hydrogens is 253 g/mol. The molecule has 0 saturated heterocycles. The smallest absolute Gasteiger partial charge is 0.0424 e. The van der Waals surface area contributed by atoms with Crippen molar-refractivity contribution in [2.75, 3.05) is 0 Å². The van der Waals surface area contributed by atoms with E-state index in [0.29, 0.717) is 16.0 Å². The van der Waals surface area contributed by atoms with Crippen molar-refractivity contribution in [2.45, 2.75) is 38.6 Å². The standard InChI is InChI=1S/C14H19Cl2N/c1-9-3-2-4-10(5-9)14(17)11-6-12(15)8-13(16)7-11/h6-10,14H,2-5,17H2,1H3. The molecule has 3 heteroatoms. The van der Waals surface area contributed by atoms with E-state index < -0.39 is 0 Å². The maximum absolute atomic E-state index is 6.35. The van der Waals surface area contributed by atoms with Gasteiger partial charge in [-0.1, -0.05) is 43.0 Å². The molecule has 2 rings (SSSR count). The van der Waals surface area contributed by atoms with E-state index in [-0.39, 0.29) is 6.04 Å². The molecule has 0 aromatic heterocycles. The summed E-state index contributed by atoms with van der Waals surface area (Å²) in [4.78, 5) is 0. The summed E-state index contributed by atoms with van der Waals surface area (Å²) in [6.45, 7) is 2.31. The van der Waals surface area contributed by atoms with Crippen molar-refractivity contribution in [3.63, 3.8) is 0 Å². The molecular formula is C14H19Cl2N. The van der Waals surface area contributed by atoms with E-state index in [1.165, 1.54) is 25.7 Å². The van der Waals surface area contributed by atoms with Crippen molar-refractivity contribution < 1.29 is 0 Å². The van der Waals surface area contributed by atoms with E-state index in [4.69, 9.17) is 28.9 Å². The van der Waals surface area contributed by atoms with Crippen LogP contribution in [0.4, 0.5) is 0 Å². The van der Waals surface area contributed by atoms with Crippen molar-refractivity contribution in [3.8, 4) is 0 Å². The molecule has 1 fully saturated rings. The molecule has 94 valence electrons. The van der Waals surface area contributed by atoms with E-state index in [9.17, 15) is 0 Å². The van der Waals surface area contributed by atoms with Crippen LogP contribution >= 0.6 is 23.2 Å². The highest BCUT2D eigenvalue weighted by Crippen LogP contribution is 2.37. The lowest BCUT2D eigenvalue weighted by Gasteiger charge is -2.31. The van der Waals surface area contributed by atoms with Crippen molar-refractivity contribution in [2.24, 2.45) is 17.6 Å². The zero-order valence-corrected chi connectivity index (χ0v) is 11.6. The Morgan fingerprint density at radius 1 is 1.18 bits per heavy atom. The molecule has 3 atom stereocenters. The fraction of sp³-hybridized carbons (Fsp3) is 0.571. The van der Waals surface area contributed by atoms with Gasteiger partial charge in [0.1, 0.15) is 0 Å². The molecule has 3 unspecified atom stereocenters. The Morgan fingerprint density at radius 2 is 1.82 bits per heavy atom. The highest BCUT2D eigenvalue weighted by molar-refractivity contribution is 6.34. The summed E-state index contributed by atoms with van der Waals surface area (Å²) >= 11 is 12.0. The van der Waals surface area contributed by atoms with Gasteiger partial charge in [-0.15, -0.1) is 0 Å². The molecule has 0 radical (unpaired) electrons. The Hall–Kier alpha value is -0.240. The minimum Gasteiger partial charge on any atom is -0.324 e. The number of halogens is 2. The Balaban J connectivity index is 2.15. The van der Waals surface area contributed by atoms with Crippen molar-refractivity contribution in [1.29, 1.82) is 0 Å². The van der Waals surface area contributed by atoms with Gasteiger partial charge < -0.3 is 5.73 Å². The summed E-state index contributed by atoms with van der Waals surface area (Å²) in [6.07, 6.45) is 5.05. The average Bonchev–Trinajstić information content (AvgIpc) is 2.26. The second kappa shape index (κ2) is 5.60. The molecule has 0 bridgehead atoms. The summed E-state index contributed by atoms with van der Waals surface area (Å²) in [6, 6.07) is 5.70. The van der Waals surface area contributed by atoms with Gasteiger partial charge in [0, 0.05) is 16.1 Å². The fourth-order valence-electron chi connectivity index (χ4n) is 2.85. The number of nitrogens with two attached hydrogens (primary N) is 1. The molecule has 1 aromatic carbocycles. The quantitative estimate of drug-likeness (QED) is 0.820. The third kappa shape index (κ3) is 3.37. The molecule has 0 spiro atoms. The van der Waals surface area contributed by atoms with Gasteiger partial charge in [-0.2, -0.15) is 0 Å². The minimum absolute atomic E-state index is 0.0638. The first kappa shape index (κ1) is 13.2. The van der Waals surface area contributed by atoms with Crippen LogP contribution in [-0.4, -0.2) is 0 Å². The van der Waals surface area contributed by atoms with Crippen LogP contribution < -0.4 is 5.73 Å². The Morgan fingerprint density at radius 3 is 2.41 bits per heavy atom. The summed E-state index contributed by atoms with van der Waals surface area (Å²) in [5, 5.41) is 1.35. The number of rotatable bonds is 2. The molecule has 1 nitrogen and oxygen atoms in total. The third-order valence-corrected chi connectivity index (χ3v) is 4.19. The summed E-state index contributed by atoms with van der Waals surface area (Å²) in [5.74, 6) is 1.35. The van der Waals surface area contributed by atoms with Gasteiger partial charge >= 0.3 is 0 Å². The molecule has 0 heterocycles. The van der Waals surface area contributed by atoms with Crippen LogP contribution in [0.1, 0.15) is 44.2 Å². The molecule has 0 aliphatic heterocycles. The van der Waals surface area contributed by atoms with Gasteiger partial charge in [-0.05, 0) is 48.4 Å². The average molecular weight is 272 g/mol. The van der Waals surface area contributed by atoms with Crippen LogP contribution in [0.3, 0.4) is 0 Å². The molecule has 1 aliphatic rings. The molecule has 1 saturated carbocycles. The molecule has 17 heavy (non-hydrogen) atoms. The lowest BCUT2D eigenvalue weighted by atomic mass is 9.77. The fourth-order valence-corrected chi connectivity index (χ4v) is 3.39. The topological polar surface area (TPSA) is 26.0 Å². The SMILES string of the molecule is CC1CCCC(C(N)c2cc(Cl)cc(Cl)c2)C1. The molecule has 1 aromatic rings. The second-order valence-electron chi connectivity index (χ2n) is 5.26. The normalized spacial score (nSPS) is 26.8. The van der Waals surface area contributed by atoms with Crippen LogP contribution in [-0.2, 0) is 0 Å². The predicted molar refractivity (Wildman–Crippen MR) is 74.5 cm³/mol. The number of benzene rings is 1. The van der Waals surface area contributed by atoms with E-state index in [1.54, 1.807) is 6.07 Å². The second-order valence-corrected chi connectivity index (χ2v) is 6.13. The van der Waals surface area contributed by atoms with Crippen molar-refractivity contribution >= 4 is 23.2 Å². The largest absolute Gasteiger partial charge is 0.324 e. The van der Waals surface area contributed by atoms with Crippen LogP contribution in [0.5, 0.6) is 0 Å². The van der Waals surface area contributed by atoms with Crippen molar-refractivity contribution in [1.82, 2.24) is 0 Å². The molecule has 1 aliphatic carbocycles. The van der Waals surface area contributed by atoms with E-state index >= 15 is 0 Å². The van der Waals surface area contributed by atoms with Gasteiger partial charge in [-0.25, -0.2) is 0 Å². The Bertz CT molecular complexity index is 372. The van der Waals surface area contributed by atoms with E-state index in [2.05, 4.69) is 6.92 Å².